The summed E-state index contributed by atoms with van der Waals surface area (Å²) >= 11 is 1.56. The smallest absolute Gasteiger partial charge is 0.247 e. The van der Waals surface area contributed by atoms with E-state index in [9.17, 15) is 23.2 Å². The Kier molecular flexibility index (Phi) is 8.32. The van der Waals surface area contributed by atoms with E-state index in [1.165, 1.54) is 0 Å². The second-order valence-corrected chi connectivity index (χ2v) is 9.59. The maximum absolute atomic E-state index is 13.6. The predicted octanol–water partition coefficient (Wildman–Crippen LogP) is 3.45. The normalized spacial score (nSPS) is 18.4. The van der Waals surface area contributed by atoms with E-state index in [2.05, 4.69) is 16.0 Å². The molecule has 0 saturated carbocycles. The number of benzene rings is 3. The van der Waals surface area contributed by atoms with Crippen LogP contribution in [0.3, 0.4) is 0 Å². The zero-order valence-electron chi connectivity index (χ0n) is 19.2. The van der Waals surface area contributed by atoms with Gasteiger partial charge in [0.2, 0.25) is 17.7 Å². The number of hydrogen-bond donors (Lipinski definition) is 3. The van der Waals surface area contributed by atoms with Crippen LogP contribution in [0.5, 0.6) is 0 Å². The first-order valence-corrected chi connectivity index (χ1v) is 12.5. The highest BCUT2D eigenvalue weighted by atomic mass is 32.2. The van der Waals surface area contributed by atoms with Gasteiger partial charge in [-0.25, -0.2) is 8.78 Å². The molecule has 1 heterocycles. The van der Waals surface area contributed by atoms with E-state index < -0.39 is 35.5 Å². The molecule has 0 bridgehead atoms. The highest BCUT2D eigenvalue weighted by Crippen LogP contribution is 2.34. The predicted molar refractivity (Wildman–Crippen MR) is 134 cm³/mol. The monoisotopic (exact) mass is 509 g/mol. The first-order valence-electron chi connectivity index (χ1n) is 11.4. The summed E-state index contributed by atoms with van der Waals surface area (Å²) in [7, 11) is 0. The van der Waals surface area contributed by atoms with Crippen LogP contribution in [0, 0.1) is 11.6 Å². The first-order chi connectivity index (χ1) is 17.4. The topological polar surface area (TPSA) is 87.3 Å². The van der Waals surface area contributed by atoms with Crippen molar-refractivity contribution in [2.75, 3.05) is 12.3 Å². The van der Waals surface area contributed by atoms with Gasteiger partial charge in [-0.3, -0.25) is 14.4 Å². The Balaban J connectivity index is 1.56. The van der Waals surface area contributed by atoms with E-state index in [1.807, 2.05) is 30.3 Å². The maximum atomic E-state index is 13.6. The average Bonchev–Trinajstić information content (AvgIpc) is 3.04. The van der Waals surface area contributed by atoms with Gasteiger partial charge >= 0.3 is 0 Å². The fraction of sp³-hybridized carbons (Fsp3) is 0.222. The molecule has 1 fully saturated rings. The lowest BCUT2D eigenvalue weighted by Crippen LogP contribution is -2.51. The zero-order chi connectivity index (χ0) is 25.5. The fourth-order valence-electron chi connectivity index (χ4n) is 4.07. The molecule has 9 heteroatoms. The first kappa shape index (κ1) is 25.4. The molecule has 0 spiro atoms. The highest BCUT2D eigenvalue weighted by molar-refractivity contribution is 7.99. The van der Waals surface area contributed by atoms with Crippen molar-refractivity contribution < 1.29 is 23.2 Å². The third kappa shape index (κ3) is 6.48. The molecule has 0 unspecified atom stereocenters. The molecule has 3 amide bonds. The molecule has 3 aromatic rings. The van der Waals surface area contributed by atoms with Crippen LogP contribution >= 0.6 is 11.8 Å². The molecule has 6 nitrogen and oxygen atoms in total. The van der Waals surface area contributed by atoms with Gasteiger partial charge in [0.25, 0.3) is 0 Å². The summed E-state index contributed by atoms with van der Waals surface area (Å²) in [6.45, 7) is 0.474. The lowest BCUT2D eigenvalue weighted by Gasteiger charge is -2.27. The number of amides is 3. The summed E-state index contributed by atoms with van der Waals surface area (Å²) in [4.78, 5) is 39.2. The molecule has 36 heavy (non-hydrogen) atoms. The molecule has 1 aliphatic rings. The van der Waals surface area contributed by atoms with Gasteiger partial charge in [-0.2, -0.15) is 0 Å². The number of halogens is 2. The Morgan fingerprint density at radius 1 is 0.972 bits per heavy atom. The summed E-state index contributed by atoms with van der Waals surface area (Å²) in [6.07, 6.45) is -0.322. The summed E-state index contributed by atoms with van der Waals surface area (Å²) in [5.74, 6) is -2.37. The molecular formula is C27H25F2N3O3S. The van der Waals surface area contributed by atoms with Gasteiger partial charge < -0.3 is 16.0 Å². The number of rotatable bonds is 7. The minimum atomic E-state index is -1.12. The minimum absolute atomic E-state index is 0.140. The van der Waals surface area contributed by atoms with Crippen molar-refractivity contribution >= 4 is 29.5 Å². The number of thioether (sulfide) groups is 1. The summed E-state index contributed by atoms with van der Waals surface area (Å²) < 4.78 is 27.1. The molecule has 3 aromatic carbocycles. The molecule has 3 atom stereocenters. The Labute approximate surface area is 211 Å². The molecule has 0 radical (unpaired) electrons. The molecule has 1 aliphatic heterocycles. The van der Waals surface area contributed by atoms with E-state index in [0.29, 0.717) is 17.9 Å². The third-order valence-corrected chi connectivity index (χ3v) is 7.04. The van der Waals surface area contributed by atoms with Crippen molar-refractivity contribution in [1.82, 2.24) is 16.0 Å². The van der Waals surface area contributed by atoms with Crippen molar-refractivity contribution in [2.24, 2.45) is 0 Å². The standard InChI is InChI=1S/C27H25F2N3O3S/c28-20-13-17(14-21(29)16-20)15-22(33)31-23(18-7-3-1-4-8-18)27(35)32-24-25(19-9-5-2-6-10-19)36-12-11-30-26(24)34/h1-10,13-14,16,23-25H,11-12,15H2,(H,30,34)(H,31,33)(H,32,35)/t23-,24-,25+/m0/s1. The average molecular weight is 510 g/mol. The molecule has 0 aliphatic carbocycles. The van der Waals surface area contributed by atoms with Crippen LogP contribution in [0.15, 0.2) is 78.9 Å². The van der Waals surface area contributed by atoms with Crippen LogP contribution in [0.1, 0.15) is 28.0 Å². The zero-order valence-corrected chi connectivity index (χ0v) is 20.1. The van der Waals surface area contributed by atoms with Crippen LogP contribution in [-0.2, 0) is 20.8 Å². The van der Waals surface area contributed by atoms with Gasteiger partial charge in [-0.1, -0.05) is 60.7 Å². The molecule has 4 rings (SSSR count). The fourth-order valence-corrected chi connectivity index (χ4v) is 5.28. The Hall–Kier alpha value is -3.72. The highest BCUT2D eigenvalue weighted by Gasteiger charge is 2.35. The molecule has 3 N–H and O–H groups in total. The Morgan fingerprint density at radius 3 is 2.28 bits per heavy atom. The van der Waals surface area contributed by atoms with Gasteiger partial charge in [-0.05, 0) is 28.8 Å². The second kappa shape index (κ2) is 11.8. The van der Waals surface area contributed by atoms with Gasteiger partial charge in [0.1, 0.15) is 23.7 Å². The van der Waals surface area contributed by atoms with Crippen molar-refractivity contribution in [2.45, 2.75) is 23.8 Å². The van der Waals surface area contributed by atoms with E-state index in [1.54, 1.807) is 42.1 Å². The van der Waals surface area contributed by atoms with Crippen molar-refractivity contribution in [1.29, 1.82) is 0 Å². The van der Waals surface area contributed by atoms with Crippen molar-refractivity contribution in [3.63, 3.8) is 0 Å². The number of hydrogen-bond acceptors (Lipinski definition) is 4. The van der Waals surface area contributed by atoms with E-state index in [0.717, 1.165) is 23.8 Å². The Morgan fingerprint density at radius 2 is 1.61 bits per heavy atom. The van der Waals surface area contributed by atoms with Crippen LogP contribution in [0.2, 0.25) is 0 Å². The van der Waals surface area contributed by atoms with Crippen LogP contribution < -0.4 is 16.0 Å². The number of nitrogens with one attached hydrogen (secondary N) is 3. The van der Waals surface area contributed by atoms with Gasteiger partial charge in [0.15, 0.2) is 0 Å². The quantitative estimate of drug-likeness (QED) is 0.455. The summed E-state index contributed by atoms with van der Waals surface area (Å²) in [6, 6.07) is 18.9. The van der Waals surface area contributed by atoms with E-state index in [4.69, 9.17) is 0 Å². The number of carbonyl (C=O) groups excluding carboxylic acids is 3. The molecular weight excluding hydrogens is 484 g/mol. The largest absolute Gasteiger partial charge is 0.353 e. The lowest BCUT2D eigenvalue weighted by atomic mass is 10.0. The molecule has 0 aromatic heterocycles. The van der Waals surface area contributed by atoms with E-state index >= 15 is 0 Å². The summed E-state index contributed by atoms with van der Waals surface area (Å²) in [5, 5.41) is 8.01. The lowest BCUT2D eigenvalue weighted by molar-refractivity contribution is -0.132. The van der Waals surface area contributed by atoms with Gasteiger partial charge in [-0.15, -0.1) is 11.8 Å². The van der Waals surface area contributed by atoms with Crippen molar-refractivity contribution in [3.05, 3.63) is 107 Å². The SMILES string of the molecule is O=C(Cc1cc(F)cc(F)c1)N[C@H](C(=O)N[C@@H]1C(=O)NCCS[C@@H]1c1ccccc1)c1ccccc1. The van der Waals surface area contributed by atoms with Crippen molar-refractivity contribution in [3.8, 4) is 0 Å². The molecule has 186 valence electrons. The van der Waals surface area contributed by atoms with E-state index in [-0.39, 0.29) is 23.1 Å². The second-order valence-electron chi connectivity index (χ2n) is 8.35. The van der Waals surface area contributed by atoms with Crippen LogP contribution in [0.4, 0.5) is 8.78 Å². The van der Waals surface area contributed by atoms with Gasteiger partial charge in [0.05, 0.1) is 11.7 Å². The van der Waals surface area contributed by atoms with Crippen LogP contribution in [-0.4, -0.2) is 36.1 Å². The maximum Gasteiger partial charge on any atom is 0.247 e. The minimum Gasteiger partial charge on any atom is -0.353 e. The number of carbonyl (C=O) groups is 3. The summed E-state index contributed by atoms with van der Waals surface area (Å²) in [5.41, 5.74) is 1.55. The molecule has 1 saturated heterocycles. The van der Waals surface area contributed by atoms with Crippen LogP contribution in [0.25, 0.3) is 0 Å². The van der Waals surface area contributed by atoms with Gasteiger partial charge in [0, 0.05) is 18.4 Å². The third-order valence-electron chi connectivity index (χ3n) is 5.70. The Bertz CT molecular complexity index is 1210.